The summed E-state index contributed by atoms with van der Waals surface area (Å²) in [5, 5.41) is 2.96. The van der Waals surface area contributed by atoms with Crippen LogP contribution in [0.25, 0.3) is 0 Å². The van der Waals surface area contributed by atoms with Crippen LogP contribution in [-0.4, -0.2) is 35.9 Å². The number of halogens is 1. The number of nitrogens with zero attached hydrogens (tertiary/aromatic N) is 1. The number of carbonyl (C=O) groups is 2. The topological polar surface area (TPSA) is 58.6 Å². The van der Waals surface area contributed by atoms with Crippen molar-refractivity contribution in [1.82, 2.24) is 10.2 Å². The first-order valence-corrected chi connectivity index (χ1v) is 12.3. The molecule has 0 aliphatic heterocycles. The summed E-state index contributed by atoms with van der Waals surface area (Å²) in [7, 11) is 0. The van der Waals surface area contributed by atoms with Crippen molar-refractivity contribution in [2.24, 2.45) is 5.92 Å². The summed E-state index contributed by atoms with van der Waals surface area (Å²) in [6.07, 6.45) is 0.300. The van der Waals surface area contributed by atoms with E-state index in [-0.39, 0.29) is 25.0 Å². The molecule has 0 saturated carbocycles. The van der Waals surface area contributed by atoms with Gasteiger partial charge in [0.25, 0.3) is 5.91 Å². The van der Waals surface area contributed by atoms with E-state index in [9.17, 15) is 14.0 Å². The van der Waals surface area contributed by atoms with Crippen molar-refractivity contribution in [3.05, 3.63) is 101 Å². The largest absolute Gasteiger partial charge is 0.484 e. The molecule has 0 radical (unpaired) electrons. The number of hydrogen-bond acceptors (Lipinski definition) is 3. The van der Waals surface area contributed by atoms with Gasteiger partial charge in [-0.05, 0) is 54.7 Å². The van der Waals surface area contributed by atoms with Crippen LogP contribution in [0, 0.1) is 25.6 Å². The van der Waals surface area contributed by atoms with E-state index in [0.717, 1.165) is 16.7 Å². The molecular weight excluding hydrogens is 455 g/mol. The van der Waals surface area contributed by atoms with E-state index >= 15 is 0 Å². The number of benzene rings is 3. The molecule has 5 nitrogen and oxygen atoms in total. The maximum Gasteiger partial charge on any atom is 0.261 e. The Morgan fingerprint density at radius 2 is 1.58 bits per heavy atom. The molecule has 1 atom stereocenters. The van der Waals surface area contributed by atoms with E-state index < -0.39 is 17.8 Å². The summed E-state index contributed by atoms with van der Waals surface area (Å²) >= 11 is 0. The van der Waals surface area contributed by atoms with Crippen molar-refractivity contribution in [2.75, 3.05) is 13.2 Å². The van der Waals surface area contributed by atoms with E-state index in [1.54, 1.807) is 18.2 Å². The summed E-state index contributed by atoms with van der Waals surface area (Å²) in [5.74, 6) is -0.265. The van der Waals surface area contributed by atoms with Crippen LogP contribution in [0.1, 0.15) is 36.1 Å². The van der Waals surface area contributed by atoms with Crippen LogP contribution >= 0.6 is 0 Å². The van der Waals surface area contributed by atoms with Crippen molar-refractivity contribution in [3.63, 3.8) is 0 Å². The van der Waals surface area contributed by atoms with Crippen molar-refractivity contribution in [2.45, 2.75) is 46.7 Å². The molecule has 190 valence electrons. The van der Waals surface area contributed by atoms with Crippen molar-refractivity contribution < 1.29 is 18.7 Å². The van der Waals surface area contributed by atoms with Gasteiger partial charge in [-0.15, -0.1) is 0 Å². The van der Waals surface area contributed by atoms with Crippen molar-refractivity contribution in [1.29, 1.82) is 0 Å². The lowest BCUT2D eigenvalue weighted by Crippen LogP contribution is -2.52. The lowest BCUT2D eigenvalue weighted by Gasteiger charge is -2.31. The van der Waals surface area contributed by atoms with E-state index in [2.05, 4.69) is 5.32 Å². The van der Waals surface area contributed by atoms with Crippen LogP contribution in [0.4, 0.5) is 4.39 Å². The zero-order chi connectivity index (χ0) is 26.1. The SMILES string of the molecule is Cc1cc(C)cc(OCC(=O)N(Cc2ccccc2F)[C@@H](Cc2ccccc2)C(=O)NCC(C)C)c1. The quantitative estimate of drug-likeness (QED) is 0.400. The lowest BCUT2D eigenvalue weighted by atomic mass is 10.0. The van der Waals surface area contributed by atoms with E-state index in [4.69, 9.17) is 4.74 Å². The number of carbonyl (C=O) groups excluding carboxylic acids is 2. The first kappa shape index (κ1) is 26.9. The average Bonchev–Trinajstić information content (AvgIpc) is 2.84. The number of nitrogens with one attached hydrogen (secondary N) is 1. The van der Waals surface area contributed by atoms with Crippen LogP contribution in [0.15, 0.2) is 72.8 Å². The predicted molar refractivity (Wildman–Crippen MR) is 140 cm³/mol. The molecule has 0 heterocycles. The molecule has 0 saturated heterocycles. The fourth-order valence-corrected chi connectivity index (χ4v) is 4.03. The molecule has 0 aliphatic carbocycles. The monoisotopic (exact) mass is 490 g/mol. The first-order chi connectivity index (χ1) is 17.2. The molecule has 0 fully saturated rings. The van der Waals surface area contributed by atoms with Crippen LogP contribution in [0.2, 0.25) is 0 Å². The van der Waals surface area contributed by atoms with E-state index in [1.807, 2.05) is 76.2 Å². The summed E-state index contributed by atoms with van der Waals surface area (Å²) in [6, 6.07) is 20.7. The average molecular weight is 491 g/mol. The Labute approximate surface area is 213 Å². The number of aryl methyl sites for hydroxylation is 2. The third kappa shape index (κ3) is 7.94. The summed E-state index contributed by atoms with van der Waals surface area (Å²) in [5.41, 5.74) is 3.29. The zero-order valence-electron chi connectivity index (χ0n) is 21.5. The Morgan fingerprint density at radius 3 is 2.22 bits per heavy atom. The van der Waals surface area contributed by atoms with E-state index in [1.165, 1.54) is 11.0 Å². The maximum absolute atomic E-state index is 14.6. The first-order valence-electron chi connectivity index (χ1n) is 12.3. The van der Waals surface area contributed by atoms with E-state index in [0.29, 0.717) is 24.3 Å². The van der Waals surface area contributed by atoms with Gasteiger partial charge in [-0.1, -0.05) is 68.4 Å². The van der Waals surface area contributed by atoms with Gasteiger partial charge in [0.2, 0.25) is 5.91 Å². The van der Waals surface area contributed by atoms with Crippen LogP contribution in [-0.2, 0) is 22.6 Å². The third-order valence-corrected chi connectivity index (χ3v) is 5.81. The highest BCUT2D eigenvalue weighted by molar-refractivity contribution is 5.88. The molecule has 0 bridgehead atoms. The third-order valence-electron chi connectivity index (χ3n) is 5.81. The second-order valence-corrected chi connectivity index (χ2v) is 9.57. The minimum atomic E-state index is -0.832. The van der Waals surface area contributed by atoms with Crippen LogP contribution in [0.3, 0.4) is 0 Å². The number of ether oxygens (including phenoxy) is 1. The molecule has 36 heavy (non-hydrogen) atoms. The lowest BCUT2D eigenvalue weighted by molar-refractivity contribution is -0.142. The van der Waals surface area contributed by atoms with Gasteiger partial charge in [0.1, 0.15) is 17.6 Å². The van der Waals surface area contributed by atoms with Crippen molar-refractivity contribution >= 4 is 11.8 Å². The summed E-state index contributed by atoms with van der Waals surface area (Å²) in [6.45, 7) is 8.10. The maximum atomic E-state index is 14.6. The Morgan fingerprint density at radius 1 is 0.944 bits per heavy atom. The van der Waals surface area contributed by atoms with Crippen LogP contribution in [0.5, 0.6) is 5.75 Å². The Balaban J connectivity index is 1.92. The number of rotatable bonds is 11. The van der Waals surface area contributed by atoms with Gasteiger partial charge in [-0.25, -0.2) is 4.39 Å². The molecule has 0 unspecified atom stereocenters. The number of hydrogen-bond donors (Lipinski definition) is 1. The van der Waals surface area contributed by atoms with Gasteiger partial charge in [-0.3, -0.25) is 9.59 Å². The van der Waals surface area contributed by atoms with Gasteiger partial charge in [-0.2, -0.15) is 0 Å². The van der Waals surface area contributed by atoms with Crippen LogP contribution < -0.4 is 10.1 Å². The zero-order valence-corrected chi connectivity index (χ0v) is 21.5. The Kier molecular flexibility index (Phi) is 9.62. The molecule has 3 aromatic carbocycles. The molecule has 0 aromatic heterocycles. The summed E-state index contributed by atoms with van der Waals surface area (Å²) in [4.78, 5) is 28.4. The molecular formula is C30H35FN2O3. The highest BCUT2D eigenvalue weighted by Crippen LogP contribution is 2.19. The molecule has 6 heteroatoms. The fourth-order valence-electron chi connectivity index (χ4n) is 4.03. The minimum Gasteiger partial charge on any atom is -0.484 e. The minimum absolute atomic E-state index is 0.0473. The summed E-state index contributed by atoms with van der Waals surface area (Å²) < 4.78 is 20.5. The smallest absolute Gasteiger partial charge is 0.261 e. The van der Waals surface area contributed by atoms with Gasteiger partial charge in [0, 0.05) is 25.1 Å². The fraction of sp³-hybridized carbons (Fsp3) is 0.333. The molecule has 2 amide bonds. The standard InChI is InChI=1S/C30H35FN2O3/c1-21(2)18-32-30(35)28(17-24-10-6-5-7-11-24)33(19-25-12-8-9-13-27(25)31)29(34)20-36-26-15-22(3)14-23(4)16-26/h5-16,21,28H,17-20H2,1-4H3,(H,32,35)/t28-/m0/s1. The highest BCUT2D eigenvalue weighted by atomic mass is 19.1. The number of amides is 2. The molecule has 3 rings (SSSR count). The molecule has 0 spiro atoms. The molecule has 1 N–H and O–H groups in total. The molecule has 3 aromatic rings. The van der Waals surface area contributed by atoms with Gasteiger partial charge < -0.3 is 15.0 Å². The Hall–Kier alpha value is -3.67. The highest BCUT2D eigenvalue weighted by Gasteiger charge is 2.31. The van der Waals surface area contributed by atoms with Gasteiger partial charge >= 0.3 is 0 Å². The second-order valence-electron chi connectivity index (χ2n) is 9.57. The molecule has 0 aliphatic rings. The second kappa shape index (κ2) is 12.9. The predicted octanol–water partition coefficient (Wildman–Crippen LogP) is 5.23. The Bertz CT molecular complexity index is 1140. The van der Waals surface area contributed by atoms with Gasteiger partial charge in [0.15, 0.2) is 6.61 Å². The van der Waals surface area contributed by atoms with Gasteiger partial charge in [0.05, 0.1) is 0 Å². The van der Waals surface area contributed by atoms with Crippen molar-refractivity contribution in [3.8, 4) is 5.75 Å². The normalized spacial score (nSPS) is 11.7.